The minimum atomic E-state index is -4.32. The van der Waals surface area contributed by atoms with Gasteiger partial charge in [-0.15, -0.1) is 0 Å². The van der Waals surface area contributed by atoms with E-state index in [0.29, 0.717) is 12.1 Å². The van der Waals surface area contributed by atoms with E-state index in [9.17, 15) is 26.7 Å². The SMILES string of the molecule is Nc1cc(F)cc(C(=O)NCCCC(F)(F)F)c1F. The first-order valence-corrected chi connectivity index (χ1v) is 5.30. The largest absolute Gasteiger partial charge is 0.396 e. The number of amides is 1. The van der Waals surface area contributed by atoms with E-state index >= 15 is 0 Å². The van der Waals surface area contributed by atoms with Crippen molar-refractivity contribution in [2.24, 2.45) is 0 Å². The summed E-state index contributed by atoms with van der Waals surface area (Å²) in [5, 5.41) is 2.07. The first-order valence-electron chi connectivity index (χ1n) is 5.30. The second kappa shape index (κ2) is 5.85. The third-order valence-corrected chi connectivity index (χ3v) is 2.23. The van der Waals surface area contributed by atoms with Gasteiger partial charge in [0.05, 0.1) is 11.3 Å². The Labute approximate surface area is 105 Å². The van der Waals surface area contributed by atoms with Gasteiger partial charge < -0.3 is 11.1 Å². The number of hydrogen-bond acceptors (Lipinski definition) is 2. The molecule has 1 aromatic rings. The number of nitrogens with one attached hydrogen (secondary N) is 1. The number of hydrogen-bond donors (Lipinski definition) is 2. The molecule has 0 aliphatic carbocycles. The smallest absolute Gasteiger partial charge is 0.389 e. The van der Waals surface area contributed by atoms with Crippen LogP contribution in [0.1, 0.15) is 23.2 Å². The fourth-order valence-corrected chi connectivity index (χ4v) is 1.36. The number of rotatable bonds is 4. The lowest BCUT2D eigenvalue weighted by Gasteiger charge is -2.09. The summed E-state index contributed by atoms with van der Waals surface area (Å²) >= 11 is 0. The minimum absolute atomic E-state index is 0.297. The third-order valence-electron chi connectivity index (χ3n) is 2.23. The zero-order chi connectivity index (χ0) is 14.6. The highest BCUT2D eigenvalue weighted by Gasteiger charge is 2.26. The van der Waals surface area contributed by atoms with E-state index in [-0.39, 0.29) is 13.0 Å². The fraction of sp³-hybridized carbons (Fsp3) is 0.364. The van der Waals surface area contributed by atoms with Gasteiger partial charge >= 0.3 is 6.18 Å². The van der Waals surface area contributed by atoms with Crippen LogP contribution in [0.3, 0.4) is 0 Å². The molecule has 3 nitrogen and oxygen atoms in total. The molecule has 106 valence electrons. The lowest BCUT2D eigenvalue weighted by molar-refractivity contribution is -0.135. The van der Waals surface area contributed by atoms with Crippen molar-refractivity contribution >= 4 is 11.6 Å². The molecule has 0 atom stereocenters. The molecule has 8 heteroatoms. The molecule has 0 heterocycles. The van der Waals surface area contributed by atoms with Gasteiger partial charge in [-0.3, -0.25) is 4.79 Å². The maximum absolute atomic E-state index is 13.4. The van der Waals surface area contributed by atoms with Gasteiger partial charge in [0, 0.05) is 13.0 Å². The minimum Gasteiger partial charge on any atom is -0.396 e. The van der Waals surface area contributed by atoms with Crippen LogP contribution in [0.25, 0.3) is 0 Å². The predicted octanol–water partition coefficient (Wildman–Crippen LogP) is 2.62. The van der Waals surface area contributed by atoms with Crippen molar-refractivity contribution in [2.45, 2.75) is 19.0 Å². The molecule has 3 N–H and O–H groups in total. The molecule has 0 aliphatic rings. The monoisotopic (exact) mass is 282 g/mol. The van der Waals surface area contributed by atoms with Crippen LogP contribution in [0, 0.1) is 11.6 Å². The van der Waals surface area contributed by atoms with Crippen LogP contribution in [-0.4, -0.2) is 18.6 Å². The molecule has 0 aliphatic heterocycles. The third kappa shape index (κ3) is 4.72. The molecule has 1 rings (SSSR count). The zero-order valence-corrected chi connectivity index (χ0v) is 9.65. The molecule has 19 heavy (non-hydrogen) atoms. The van der Waals surface area contributed by atoms with E-state index in [1.165, 1.54) is 0 Å². The lowest BCUT2D eigenvalue weighted by atomic mass is 10.1. The first kappa shape index (κ1) is 15.2. The van der Waals surface area contributed by atoms with E-state index in [1.54, 1.807) is 0 Å². The molecule has 1 amide bonds. The van der Waals surface area contributed by atoms with E-state index in [2.05, 4.69) is 5.32 Å². The van der Waals surface area contributed by atoms with Crippen molar-refractivity contribution in [3.8, 4) is 0 Å². The Bertz CT molecular complexity index is 473. The van der Waals surface area contributed by atoms with Gasteiger partial charge in [0.1, 0.15) is 5.82 Å². The zero-order valence-electron chi connectivity index (χ0n) is 9.65. The Balaban J connectivity index is 2.60. The van der Waals surface area contributed by atoms with Gasteiger partial charge in [-0.1, -0.05) is 0 Å². The second-order valence-corrected chi connectivity index (χ2v) is 3.83. The van der Waals surface area contributed by atoms with Crippen LogP contribution in [0.2, 0.25) is 0 Å². The summed E-state index contributed by atoms with van der Waals surface area (Å²) in [5.41, 5.74) is 3.95. The summed E-state index contributed by atoms with van der Waals surface area (Å²) in [6.45, 7) is -0.297. The average Bonchev–Trinajstić information content (AvgIpc) is 2.27. The maximum atomic E-state index is 13.4. The van der Waals surface area contributed by atoms with Crippen LogP contribution in [-0.2, 0) is 0 Å². The van der Waals surface area contributed by atoms with E-state index < -0.39 is 41.4 Å². The molecule has 0 saturated carbocycles. The summed E-state index contributed by atoms with van der Waals surface area (Å²) in [4.78, 5) is 11.4. The average molecular weight is 282 g/mol. The van der Waals surface area contributed by atoms with Crippen molar-refractivity contribution < 1.29 is 26.7 Å². The number of nitrogen functional groups attached to an aromatic ring is 1. The Morgan fingerprint density at radius 3 is 2.47 bits per heavy atom. The molecule has 0 saturated heterocycles. The molecule has 0 radical (unpaired) electrons. The highest BCUT2D eigenvalue weighted by Crippen LogP contribution is 2.21. The van der Waals surface area contributed by atoms with Crippen molar-refractivity contribution in [1.82, 2.24) is 5.32 Å². The van der Waals surface area contributed by atoms with Crippen molar-refractivity contribution in [1.29, 1.82) is 0 Å². The predicted molar refractivity (Wildman–Crippen MR) is 58.4 cm³/mol. The van der Waals surface area contributed by atoms with Crippen molar-refractivity contribution in [2.75, 3.05) is 12.3 Å². The summed E-state index contributed by atoms with van der Waals surface area (Å²) in [6.07, 6.45) is -5.73. The summed E-state index contributed by atoms with van der Waals surface area (Å²) in [5.74, 6) is -3.01. The number of alkyl halides is 3. The Morgan fingerprint density at radius 2 is 1.89 bits per heavy atom. The first-order chi connectivity index (χ1) is 8.70. The van der Waals surface area contributed by atoms with Crippen LogP contribution in [0.5, 0.6) is 0 Å². The van der Waals surface area contributed by atoms with Gasteiger partial charge in [-0.2, -0.15) is 13.2 Å². The Morgan fingerprint density at radius 1 is 1.26 bits per heavy atom. The molecule has 0 bridgehead atoms. The maximum Gasteiger partial charge on any atom is 0.389 e. The number of carbonyl (C=O) groups excluding carboxylic acids is 1. The van der Waals surface area contributed by atoms with Crippen LogP contribution >= 0.6 is 0 Å². The summed E-state index contributed by atoms with van der Waals surface area (Å²) in [7, 11) is 0. The number of benzene rings is 1. The molecule has 0 unspecified atom stereocenters. The fourth-order valence-electron chi connectivity index (χ4n) is 1.36. The molecule has 0 fully saturated rings. The van der Waals surface area contributed by atoms with Gasteiger partial charge in [0.15, 0.2) is 5.82 Å². The summed E-state index contributed by atoms with van der Waals surface area (Å²) in [6, 6.07) is 1.33. The standard InChI is InChI=1S/C11H11F5N2O/c12-6-4-7(9(13)8(17)5-6)10(19)18-3-1-2-11(14,15)16/h4-5H,1-3,17H2,(H,18,19). The molecule has 1 aromatic carbocycles. The molecule has 0 aromatic heterocycles. The van der Waals surface area contributed by atoms with Gasteiger partial charge in [-0.25, -0.2) is 8.78 Å². The van der Waals surface area contributed by atoms with Gasteiger partial charge in [-0.05, 0) is 18.6 Å². The van der Waals surface area contributed by atoms with Crippen LogP contribution < -0.4 is 11.1 Å². The highest BCUT2D eigenvalue weighted by molar-refractivity contribution is 5.95. The topological polar surface area (TPSA) is 55.1 Å². The normalized spacial score (nSPS) is 11.4. The summed E-state index contributed by atoms with van der Waals surface area (Å²) < 4.78 is 61.8. The molecular weight excluding hydrogens is 271 g/mol. The number of nitrogens with two attached hydrogens (primary N) is 1. The second-order valence-electron chi connectivity index (χ2n) is 3.83. The quantitative estimate of drug-likeness (QED) is 0.506. The molecular formula is C11H11F5N2O. The molecule has 0 spiro atoms. The van der Waals surface area contributed by atoms with Gasteiger partial charge in [0.25, 0.3) is 5.91 Å². The van der Waals surface area contributed by atoms with E-state index in [1.807, 2.05) is 0 Å². The van der Waals surface area contributed by atoms with Crippen molar-refractivity contribution in [3.05, 3.63) is 29.3 Å². The van der Waals surface area contributed by atoms with E-state index in [4.69, 9.17) is 5.73 Å². The lowest BCUT2D eigenvalue weighted by Crippen LogP contribution is -2.26. The number of halogens is 5. The highest BCUT2D eigenvalue weighted by atomic mass is 19.4. The number of anilines is 1. The number of carbonyl (C=O) groups is 1. The van der Waals surface area contributed by atoms with Crippen LogP contribution in [0.15, 0.2) is 12.1 Å². The van der Waals surface area contributed by atoms with Crippen molar-refractivity contribution in [3.63, 3.8) is 0 Å². The van der Waals surface area contributed by atoms with E-state index in [0.717, 1.165) is 0 Å². The van der Waals surface area contributed by atoms with Crippen LogP contribution in [0.4, 0.5) is 27.6 Å². The Hall–Kier alpha value is -1.86. The van der Waals surface area contributed by atoms with Gasteiger partial charge in [0.2, 0.25) is 0 Å². The Kier molecular flexibility index (Phi) is 4.68.